The van der Waals surface area contributed by atoms with Gasteiger partial charge in [-0.2, -0.15) is 0 Å². The molecule has 0 saturated heterocycles. The molecular formula is C10H7NO3S. The van der Waals surface area contributed by atoms with Crippen LogP contribution in [-0.2, 0) is 0 Å². The Morgan fingerprint density at radius 1 is 1.33 bits per heavy atom. The lowest BCUT2D eigenvalue weighted by molar-refractivity contribution is 0.0702. The number of carboxylic acids is 1. The lowest BCUT2D eigenvalue weighted by Gasteiger charge is -2.00. The van der Waals surface area contributed by atoms with Crippen molar-refractivity contribution in [3.63, 3.8) is 0 Å². The van der Waals surface area contributed by atoms with Gasteiger partial charge >= 0.3 is 5.97 Å². The number of rotatable bonds is 3. The molecule has 0 aliphatic rings. The first-order valence-electron chi connectivity index (χ1n) is 4.15. The minimum atomic E-state index is -0.940. The fourth-order valence-corrected chi connectivity index (χ4v) is 1.67. The molecule has 0 bridgehead atoms. The molecule has 0 unspecified atom stereocenters. The third-order valence-corrected chi connectivity index (χ3v) is 2.57. The number of ether oxygens (including phenoxy) is 1. The molecule has 0 amide bonds. The average molecular weight is 221 g/mol. The smallest absolute Gasteiger partial charge is 0.346 e. The van der Waals surface area contributed by atoms with E-state index < -0.39 is 5.97 Å². The minimum absolute atomic E-state index is 0.263. The van der Waals surface area contributed by atoms with Crippen LogP contribution in [0.4, 0.5) is 0 Å². The molecule has 0 spiro atoms. The molecule has 0 fully saturated rings. The number of pyridine rings is 1. The predicted molar refractivity (Wildman–Crippen MR) is 55.6 cm³/mol. The van der Waals surface area contributed by atoms with Gasteiger partial charge in [0.2, 0.25) is 0 Å². The van der Waals surface area contributed by atoms with Gasteiger partial charge in [0.1, 0.15) is 16.4 Å². The lowest BCUT2D eigenvalue weighted by atomic mass is 10.4. The van der Waals surface area contributed by atoms with Crippen LogP contribution in [-0.4, -0.2) is 16.1 Å². The molecule has 0 radical (unpaired) electrons. The van der Waals surface area contributed by atoms with E-state index in [4.69, 9.17) is 9.84 Å². The van der Waals surface area contributed by atoms with Gasteiger partial charge in [0.25, 0.3) is 0 Å². The molecular weight excluding hydrogens is 214 g/mol. The monoisotopic (exact) mass is 221 g/mol. The largest absolute Gasteiger partial charge is 0.477 e. The van der Waals surface area contributed by atoms with Gasteiger partial charge in [0.15, 0.2) is 0 Å². The van der Waals surface area contributed by atoms with E-state index in [1.165, 1.54) is 6.07 Å². The van der Waals surface area contributed by atoms with E-state index in [0.29, 0.717) is 11.5 Å². The molecule has 5 heteroatoms. The van der Waals surface area contributed by atoms with Gasteiger partial charge in [0, 0.05) is 23.8 Å². The Morgan fingerprint density at radius 3 is 2.67 bits per heavy atom. The van der Waals surface area contributed by atoms with Crippen molar-refractivity contribution in [2.45, 2.75) is 0 Å². The summed E-state index contributed by atoms with van der Waals surface area (Å²) in [5, 5.41) is 10.4. The van der Waals surface area contributed by atoms with Crippen LogP contribution in [0.2, 0.25) is 0 Å². The summed E-state index contributed by atoms with van der Waals surface area (Å²) in [4.78, 5) is 14.7. The summed E-state index contributed by atoms with van der Waals surface area (Å²) in [7, 11) is 0. The Balaban J connectivity index is 2.15. The molecule has 0 aromatic carbocycles. The minimum Gasteiger partial charge on any atom is -0.477 e. The molecule has 15 heavy (non-hydrogen) atoms. The number of carbonyl (C=O) groups is 1. The molecule has 2 aromatic rings. The Morgan fingerprint density at radius 2 is 2.07 bits per heavy atom. The van der Waals surface area contributed by atoms with Gasteiger partial charge in [-0.25, -0.2) is 4.79 Å². The maximum Gasteiger partial charge on any atom is 0.346 e. The van der Waals surface area contributed by atoms with Crippen molar-refractivity contribution < 1.29 is 14.6 Å². The number of aromatic nitrogens is 1. The van der Waals surface area contributed by atoms with Crippen LogP contribution in [0, 0.1) is 0 Å². The van der Waals surface area contributed by atoms with E-state index in [1.807, 2.05) is 0 Å². The van der Waals surface area contributed by atoms with Gasteiger partial charge < -0.3 is 9.84 Å². The van der Waals surface area contributed by atoms with E-state index in [2.05, 4.69) is 4.98 Å². The van der Waals surface area contributed by atoms with Gasteiger partial charge in [-0.3, -0.25) is 4.98 Å². The maximum absolute atomic E-state index is 10.6. The van der Waals surface area contributed by atoms with Crippen molar-refractivity contribution in [1.82, 2.24) is 4.98 Å². The Kier molecular flexibility index (Phi) is 2.64. The molecule has 2 aromatic heterocycles. The predicted octanol–water partition coefficient (Wildman–Crippen LogP) is 2.63. The van der Waals surface area contributed by atoms with Crippen LogP contribution in [0.3, 0.4) is 0 Å². The highest BCUT2D eigenvalue weighted by Gasteiger charge is 2.07. The highest BCUT2D eigenvalue weighted by molar-refractivity contribution is 7.12. The Labute approximate surface area is 89.8 Å². The number of nitrogens with zero attached hydrogens (tertiary/aromatic N) is 1. The number of aromatic carboxylic acids is 1. The number of carboxylic acid groups (broad SMARTS) is 1. The Bertz CT molecular complexity index is 467. The van der Waals surface area contributed by atoms with Gasteiger partial charge in [-0.1, -0.05) is 0 Å². The van der Waals surface area contributed by atoms with Crippen LogP contribution >= 0.6 is 11.3 Å². The normalized spacial score (nSPS) is 9.87. The number of hydrogen-bond donors (Lipinski definition) is 1. The molecule has 4 nitrogen and oxygen atoms in total. The van der Waals surface area contributed by atoms with E-state index in [-0.39, 0.29) is 4.88 Å². The van der Waals surface area contributed by atoms with Crippen LogP contribution in [0.25, 0.3) is 0 Å². The summed E-state index contributed by atoms with van der Waals surface area (Å²) in [6.45, 7) is 0. The average Bonchev–Trinajstić information content (AvgIpc) is 2.68. The summed E-state index contributed by atoms with van der Waals surface area (Å²) in [6.07, 6.45) is 3.22. The van der Waals surface area contributed by atoms with Crippen LogP contribution in [0.15, 0.2) is 36.0 Å². The van der Waals surface area contributed by atoms with Gasteiger partial charge in [-0.15, -0.1) is 11.3 Å². The summed E-state index contributed by atoms with van der Waals surface area (Å²) < 4.78 is 5.42. The second-order valence-electron chi connectivity index (χ2n) is 2.74. The summed E-state index contributed by atoms with van der Waals surface area (Å²) in [5.74, 6) is 0.230. The first kappa shape index (κ1) is 9.67. The van der Waals surface area contributed by atoms with Crippen LogP contribution < -0.4 is 4.74 Å². The standard InChI is InChI=1S/C10H7NO3S/c12-10(13)9-5-8(6-15-9)14-7-1-3-11-4-2-7/h1-6H,(H,12,13). The maximum atomic E-state index is 10.6. The molecule has 0 atom stereocenters. The molecule has 76 valence electrons. The van der Waals surface area contributed by atoms with Crippen LogP contribution in [0.5, 0.6) is 11.5 Å². The molecule has 0 aliphatic carbocycles. The second-order valence-corrected chi connectivity index (χ2v) is 3.65. The van der Waals surface area contributed by atoms with Crippen molar-refractivity contribution in [3.8, 4) is 11.5 Å². The summed E-state index contributed by atoms with van der Waals surface area (Å²) in [5.41, 5.74) is 0. The summed E-state index contributed by atoms with van der Waals surface area (Å²) >= 11 is 1.14. The van der Waals surface area contributed by atoms with Crippen molar-refractivity contribution in [2.24, 2.45) is 0 Å². The lowest BCUT2D eigenvalue weighted by Crippen LogP contribution is -1.90. The van der Waals surface area contributed by atoms with Gasteiger partial charge in [0.05, 0.1) is 0 Å². The SMILES string of the molecule is O=C(O)c1cc(Oc2ccncc2)cs1. The fourth-order valence-electron chi connectivity index (χ4n) is 1.03. The fraction of sp³-hybridized carbons (Fsp3) is 0. The summed E-state index contributed by atoms with van der Waals surface area (Å²) in [6, 6.07) is 4.91. The van der Waals surface area contributed by atoms with E-state index in [9.17, 15) is 4.79 Å². The van der Waals surface area contributed by atoms with E-state index >= 15 is 0 Å². The highest BCUT2D eigenvalue weighted by atomic mass is 32.1. The quantitative estimate of drug-likeness (QED) is 0.865. The van der Waals surface area contributed by atoms with Crippen molar-refractivity contribution in [2.75, 3.05) is 0 Å². The highest BCUT2D eigenvalue weighted by Crippen LogP contribution is 2.26. The van der Waals surface area contributed by atoms with Crippen molar-refractivity contribution >= 4 is 17.3 Å². The zero-order chi connectivity index (χ0) is 10.7. The molecule has 2 heterocycles. The van der Waals surface area contributed by atoms with Crippen LogP contribution in [0.1, 0.15) is 9.67 Å². The zero-order valence-electron chi connectivity index (χ0n) is 7.58. The van der Waals surface area contributed by atoms with E-state index in [1.54, 1.807) is 29.9 Å². The number of hydrogen-bond acceptors (Lipinski definition) is 4. The molecule has 0 aliphatic heterocycles. The Hall–Kier alpha value is -1.88. The van der Waals surface area contributed by atoms with Gasteiger partial charge in [-0.05, 0) is 12.1 Å². The van der Waals surface area contributed by atoms with Crippen molar-refractivity contribution in [1.29, 1.82) is 0 Å². The van der Waals surface area contributed by atoms with E-state index in [0.717, 1.165) is 11.3 Å². The van der Waals surface area contributed by atoms with Crippen molar-refractivity contribution in [3.05, 3.63) is 40.8 Å². The molecule has 2 rings (SSSR count). The number of thiophene rings is 1. The first-order chi connectivity index (χ1) is 7.25. The zero-order valence-corrected chi connectivity index (χ0v) is 8.40. The second kappa shape index (κ2) is 4.10. The third kappa shape index (κ3) is 2.32. The topological polar surface area (TPSA) is 59.4 Å². The molecule has 1 N–H and O–H groups in total. The third-order valence-electron chi connectivity index (χ3n) is 1.67. The first-order valence-corrected chi connectivity index (χ1v) is 5.03. The molecule has 0 saturated carbocycles.